The molecule has 1 heterocycles. The third kappa shape index (κ3) is 3.33. The molecule has 110 valence electrons. The largest absolute Gasteiger partial charge is 0.369 e. The zero-order chi connectivity index (χ0) is 14.2. The summed E-state index contributed by atoms with van der Waals surface area (Å²) in [4.78, 5) is 2.48. The highest BCUT2D eigenvalue weighted by Gasteiger charge is 2.32. The molecule has 1 unspecified atom stereocenters. The van der Waals surface area contributed by atoms with Crippen LogP contribution in [0.1, 0.15) is 39.2 Å². The Hall–Kier alpha value is -1.06. The quantitative estimate of drug-likeness (QED) is 0.913. The Labute approximate surface area is 122 Å². The van der Waals surface area contributed by atoms with Crippen LogP contribution < -0.4 is 10.2 Å². The SMILES string of the molecule is CC1CN(c2ccccc2CNC2CC2)CC(C)(C)O1. The second kappa shape index (κ2) is 5.38. The zero-order valence-electron chi connectivity index (χ0n) is 12.9. The van der Waals surface area contributed by atoms with Crippen molar-refractivity contribution in [1.29, 1.82) is 0 Å². The first-order valence-corrected chi connectivity index (χ1v) is 7.77. The van der Waals surface area contributed by atoms with E-state index in [4.69, 9.17) is 4.74 Å². The lowest BCUT2D eigenvalue weighted by molar-refractivity contribution is -0.0750. The Morgan fingerprint density at radius 2 is 2.05 bits per heavy atom. The van der Waals surface area contributed by atoms with Crippen LogP contribution >= 0.6 is 0 Å². The van der Waals surface area contributed by atoms with Crippen molar-refractivity contribution in [2.24, 2.45) is 0 Å². The van der Waals surface area contributed by atoms with E-state index in [0.29, 0.717) is 0 Å². The number of hydrogen-bond acceptors (Lipinski definition) is 3. The van der Waals surface area contributed by atoms with E-state index in [1.165, 1.54) is 24.1 Å². The molecule has 20 heavy (non-hydrogen) atoms. The lowest BCUT2D eigenvalue weighted by atomic mass is 10.0. The molecule has 1 aromatic rings. The fraction of sp³-hybridized carbons (Fsp3) is 0.647. The Morgan fingerprint density at radius 1 is 1.30 bits per heavy atom. The Balaban J connectivity index is 1.77. The minimum Gasteiger partial charge on any atom is -0.369 e. The van der Waals surface area contributed by atoms with E-state index < -0.39 is 0 Å². The van der Waals surface area contributed by atoms with E-state index >= 15 is 0 Å². The molecule has 1 aromatic carbocycles. The monoisotopic (exact) mass is 274 g/mol. The van der Waals surface area contributed by atoms with Gasteiger partial charge in [0.1, 0.15) is 0 Å². The summed E-state index contributed by atoms with van der Waals surface area (Å²) in [5.74, 6) is 0. The lowest BCUT2D eigenvalue weighted by Crippen LogP contribution is -2.52. The Kier molecular flexibility index (Phi) is 3.74. The fourth-order valence-electron chi connectivity index (χ4n) is 3.15. The molecule has 1 aliphatic heterocycles. The van der Waals surface area contributed by atoms with Crippen molar-refractivity contribution < 1.29 is 4.74 Å². The number of morpholine rings is 1. The van der Waals surface area contributed by atoms with Gasteiger partial charge in [0.25, 0.3) is 0 Å². The molecule has 1 saturated carbocycles. The van der Waals surface area contributed by atoms with Crippen LogP contribution in [0.25, 0.3) is 0 Å². The maximum Gasteiger partial charge on any atom is 0.0805 e. The summed E-state index contributed by atoms with van der Waals surface area (Å²) in [6.07, 6.45) is 2.95. The van der Waals surface area contributed by atoms with Crippen molar-refractivity contribution in [2.45, 2.75) is 57.9 Å². The maximum absolute atomic E-state index is 6.02. The molecule has 2 fully saturated rings. The number of nitrogens with one attached hydrogen (secondary N) is 1. The van der Waals surface area contributed by atoms with Crippen molar-refractivity contribution >= 4 is 5.69 Å². The number of hydrogen-bond donors (Lipinski definition) is 1. The number of ether oxygens (including phenoxy) is 1. The number of benzene rings is 1. The smallest absolute Gasteiger partial charge is 0.0805 e. The first-order chi connectivity index (χ1) is 9.53. The van der Waals surface area contributed by atoms with Gasteiger partial charge in [-0.3, -0.25) is 0 Å². The third-order valence-corrected chi connectivity index (χ3v) is 4.06. The van der Waals surface area contributed by atoms with E-state index in [9.17, 15) is 0 Å². The summed E-state index contributed by atoms with van der Waals surface area (Å²) in [6, 6.07) is 9.53. The number of anilines is 1. The van der Waals surface area contributed by atoms with Crippen molar-refractivity contribution in [3.05, 3.63) is 29.8 Å². The van der Waals surface area contributed by atoms with Crippen LogP contribution in [0.15, 0.2) is 24.3 Å². The molecule has 2 aliphatic rings. The van der Waals surface area contributed by atoms with Crippen LogP contribution in [0.3, 0.4) is 0 Å². The molecule has 0 bridgehead atoms. The van der Waals surface area contributed by atoms with Gasteiger partial charge in [-0.15, -0.1) is 0 Å². The molecule has 0 spiro atoms. The second-order valence-corrected chi connectivity index (χ2v) is 6.85. The first-order valence-electron chi connectivity index (χ1n) is 7.77. The third-order valence-electron chi connectivity index (χ3n) is 4.06. The predicted molar refractivity (Wildman–Crippen MR) is 83.1 cm³/mol. The van der Waals surface area contributed by atoms with Gasteiger partial charge in [-0.05, 0) is 45.2 Å². The normalized spacial score (nSPS) is 25.8. The molecule has 0 aromatic heterocycles. The van der Waals surface area contributed by atoms with Gasteiger partial charge < -0.3 is 15.0 Å². The molecule has 3 nitrogen and oxygen atoms in total. The van der Waals surface area contributed by atoms with Gasteiger partial charge in [-0.25, -0.2) is 0 Å². The first kappa shape index (κ1) is 13.9. The molecule has 3 heteroatoms. The standard InChI is InChI=1S/C17H26N2O/c1-13-11-19(12-17(2,3)20-13)16-7-5-4-6-14(16)10-18-15-8-9-15/h4-7,13,15,18H,8-12H2,1-3H3. The summed E-state index contributed by atoms with van der Waals surface area (Å²) in [6.45, 7) is 9.44. The second-order valence-electron chi connectivity index (χ2n) is 6.85. The van der Waals surface area contributed by atoms with Crippen LogP contribution in [0.4, 0.5) is 5.69 Å². The summed E-state index contributed by atoms with van der Waals surface area (Å²) < 4.78 is 6.02. The average Bonchev–Trinajstić information content (AvgIpc) is 3.18. The average molecular weight is 274 g/mol. The van der Waals surface area contributed by atoms with E-state index in [1.807, 2.05) is 0 Å². The highest BCUT2D eigenvalue weighted by molar-refractivity contribution is 5.54. The number of para-hydroxylation sites is 1. The van der Waals surface area contributed by atoms with Gasteiger partial charge in [0.05, 0.1) is 11.7 Å². The van der Waals surface area contributed by atoms with Crippen molar-refractivity contribution in [3.8, 4) is 0 Å². The summed E-state index contributed by atoms with van der Waals surface area (Å²) in [5.41, 5.74) is 2.70. The van der Waals surface area contributed by atoms with E-state index in [1.54, 1.807) is 0 Å². The van der Waals surface area contributed by atoms with Gasteiger partial charge in [0.2, 0.25) is 0 Å². The molecule has 1 aliphatic carbocycles. The molecule has 1 atom stereocenters. The molecular formula is C17H26N2O. The molecule has 1 N–H and O–H groups in total. The maximum atomic E-state index is 6.02. The molecule has 0 amide bonds. The topological polar surface area (TPSA) is 24.5 Å². The highest BCUT2D eigenvalue weighted by atomic mass is 16.5. The molecule has 3 rings (SSSR count). The van der Waals surface area contributed by atoms with Crippen molar-refractivity contribution in [3.63, 3.8) is 0 Å². The van der Waals surface area contributed by atoms with E-state index in [2.05, 4.69) is 55.3 Å². The van der Waals surface area contributed by atoms with Crippen LogP contribution in [0.5, 0.6) is 0 Å². The zero-order valence-corrected chi connectivity index (χ0v) is 12.9. The van der Waals surface area contributed by atoms with Gasteiger partial charge in [-0.1, -0.05) is 18.2 Å². The van der Waals surface area contributed by atoms with Crippen LogP contribution in [0.2, 0.25) is 0 Å². The summed E-state index contributed by atoms with van der Waals surface area (Å²) >= 11 is 0. The minimum absolute atomic E-state index is 0.0747. The Bertz CT molecular complexity index is 468. The number of rotatable bonds is 4. The van der Waals surface area contributed by atoms with Gasteiger partial charge in [0, 0.05) is 31.4 Å². The molecule has 1 saturated heterocycles. The number of nitrogens with zero attached hydrogens (tertiary/aromatic N) is 1. The van der Waals surface area contributed by atoms with E-state index in [-0.39, 0.29) is 11.7 Å². The van der Waals surface area contributed by atoms with Gasteiger partial charge in [0.15, 0.2) is 0 Å². The van der Waals surface area contributed by atoms with Gasteiger partial charge >= 0.3 is 0 Å². The van der Waals surface area contributed by atoms with Crippen LogP contribution in [-0.2, 0) is 11.3 Å². The van der Waals surface area contributed by atoms with Crippen LogP contribution in [-0.4, -0.2) is 30.8 Å². The highest BCUT2D eigenvalue weighted by Crippen LogP contribution is 2.29. The summed E-state index contributed by atoms with van der Waals surface area (Å²) in [7, 11) is 0. The van der Waals surface area contributed by atoms with Crippen molar-refractivity contribution in [2.75, 3.05) is 18.0 Å². The lowest BCUT2D eigenvalue weighted by Gasteiger charge is -2.43. The fourth-order valence-corrected chi connectivity index (χ4v) is 3.15. The Morgan fingerprint density at radius 3 is 2.75 bits per heavy atom. The summed E-state index contributed by atoms with van der Waals surface area (Å²) in [5, 5.41) is 3.63. The van der Waals surface area contributed by atoms with Crippen LogP contribution in [0, 0.1) is 0 Å². The molecule has 0 radical (unpaired) electrons. The van der Waals surface area contributed by atoms with E-state index in [0.717, 1.165) is 25.7 Å². The van der Waals surface area contributed by atoms with Crippen molar-refractivity contribution in [1.82, 2.24) is 5.32 Å². The minimum atomic E-state index is -0.0747. The molecular weight excluding hydrogens is 248 g/mol. The predicted octanol–water partition coefficient (Wildman–Crippen LogP) is 2.94. The van der Waals surface area contributed by atoms with Gasteiger partial charge in [-0.2, -0.15) is 0 Å².